The van der Waals surface area contributed by atoms with Crippen molar-refractivity contribution in [3.63, 3.8) is 0 Å². The normalized spacial score (nSPS) is 10.7. The van der Waals surface area contributed by atoms with E-state index in [1.165, 1.54) is 17.4 Å². The maximum absolute atomic E-state index is 12.1. The van der Waals surface area contributed by atoms with Gasteiger partial charge in [-0.25, -0.2) is 4.98 Å². The maximum atomic E-state index is 12.1. The number of ether oxygens (including phenoxy) is 3. The SMILES string of the molecule is CCOC(=O)Cc1csc(NC(=O)C=Cc2cc(Br)c(OC)c(OC)c2)n1. The lowest BCUT2D eigenvalue weighted by Gasteiger charge is -2.10. The summed E-state index contributed by atoms with van der Waals surface area (Å²) < 4.78 is 16.1. The second-order valence-electron chi connectivity index (χ2n) is 5.19. The first-order valence-corrected chi connectivity index (χ1v) is 9.64. The molecule has 0 saturated carbocycles. The van der Waals surface area contributed by atoms with E-state index in [0.717, 1.165) is 5.56 Å². The largest absolute Gasteiger partial charge is 0.493 e. The number of anilines is 1. The monoisotopic (exact) mass is 454 g/mol. The van der Waals surface area contributed by atoms with Crippen LogP contribution in [0.2, 0.25) is 0 Å². The van der Waals surface area contributed by atoms with E-state index < -0.39 is 0 Å². The lowest BCUT2D eigenvalue weighted by molar-refractivity contribution is -0.142. The first-order chi connectivity index (χ1) is 13.0. The molecule has 2 rings (SSSR count). The summed E-state index contributed by atoms with van der Waals surface area (Å²) in [5.74, 6) is 0.448. The molecule has 0 aliphatic carbocycles. The van der Waals surface area contributed by atoms with Gasteiger partial charge in [-0.2, -0.15) is 0 Å². The van der Waals surface area contributed by atoms with Crippen molar-refractivity contribution in [2.24, 2.45) is 0 Å². The number of amides is 1. The third-order valence-electron chi connectivity index (χ3n) is 3.30. The standard InChI is InChI=1S/C18H19BrN2O5S/c1-4-26-16(23)9-12-10-27-18(20-12)21-15(22)6-5-11-7-13(19)17(25-3)14(8-11)24-2/h5-8,10H,4,9H2,1-3H3,(H,20,21,22). The smallest absolute Gasteiger partial charge is 0.311 e. The molecule has 144 valence electrons. The van der Waals surface area contributed by atoms with Crippen LogP contribution < -0.4 is 14.8 Å². The lowest BCUT2D eigenvalue weighted by Crippen LogP contribution is -2.09. The van der Waals surface area contributed by atoms with Gasteiger partial charge in [-0.3, -0.25) is 14.9 Å². The summed E-state index contributed by atoms with van der Waals surface area (Å²) in [6, 6.07) is 3.57. The minimum Gasteiger partial charge on any atom is -0.493 e. The molecule has 0 aliphatic heterocycles. The molecule has 0 radical (unpaired) electrons. The number of hydrogen-bond acceptors (Lipinski definition) is 7. The van der Waals surface area contributed by atoms with Gasteiger partial charge in [0.05, 0.1) is 37.4 Å². The van der Waals surface area contributed by atoms with Gasteiger partial charge in [-0.1, -0.05) is 0 Å². The highest BCUT2D eigenvalue weighted by molar-refractivity contribution is 9.10. The van der Waals surface area contributed by atoms with Gasteiger partial charge in [-0.15, -0.1) is 11.3 Å². The Morgan fingerprint density at radius 3 is 2.74 bits per heavy atom. The van der Waals surface area contributed by atoms with Gasteiger partial charge < -0.3 is 14.2 Å². The number of thiazole rings is 1. The predicted octanol–water partition coefficient (Wildman–Crippen LogP) is 3.68. The molecule has 1 heterocycles. The molecule has 1 aromatic heterocycles. The van der Waals surface area contributed by atoms with E-state index in [0.29, 0.717) is 33.4 Å². The van der Waals surface area contributed by atoms with Gasteiger partial charge in [-0.05, 0) is 46.6 Å². The molecule has 0 aliphatic rings. The highest BCUT2D eigenvalue weighted by Crippen LogP contribution is 2.36. The summed E-state index contributed by atoms with van der Waals surface area (Å²) in [6.45, 7) is 2.07. The first kappa shape index (κ1) is 20.9. The van der Waals surface area contributed by atoms with Crippen LogP contribution in [0, 0.1) is 0 Å². The average Bonchev–Trinajstić information content (AvgIpc) is 3.06. The van der Waals surface area contributed by atoms with Crippen molar-refractivity contribution < 1.29 is 23.8 Å². The topological polar surface area (TPSA) is 86.8 Å². The highest BCUT2D eigenvalue weighted by atomic mass is 79.9. The maximum Gasteiger partial charge on any atom is 0.311 e. The average molecular weight is 455 g/mol. The molecule has 1 N–H and O–H groups in total. The second-order valence-corrected chi connectivity index (χ2v) is 6.90. The first-order valence-electron chi connectivity index (χ1n) is 7.97. The number of aromatic nitrogens is 1. The summed E-state index contributed by atoms with van der Waals surface area (Å²) in [6.07, 6.45) is 3.12. The molecule has 0 atom stereocenters. The molecule has 0 saturated heterocycles. The van der Waals surface area contributed by atoms with Crippen molar-refractivity contribution in [2.45, 2.75) is 13.3 Å². The summed E-state index contributed by atoms with van der Waals surface area (Å²) in [7, 11) is 3.09. The zero-order valence-corrected chi connectivity index (χ0v) is 17.5. The Balaban J connectivity index is 2.00. The number of rotatable bonds is 8. The van der Waals surface area contributed by atoms with Crippen molar-refractivity contribution in [3.8, 4) is 11.5 Å². The Bertz CT molecular complexity index is 850. The number of benzene rings is 1. The van der Waals surface area contributed by atoms with E-state index in [1.807, 2.05) is 6.07 Å². The minimum atomic E-state index is -0.348. The van der Waals surface area contributed by atoms with Gasteiger partial charge in [0.2, 0.25) is 5.91 Å². The fourth-order valence-corrected chi connectivity index (χ4v) is 3.49. The zero-order chi connectivity index (χ0) is 19.8. The highest BCUT2D eigenvalue weighted by Gasteiger charge is 2.11. The molecule has 2 aromatic rings. The fraction of sp³-hybridized carbons (Fsp3) is 0.278. The van der Waals surface area contributed by atoms with Crippen LogP contribution in [0.25, 0.3) is 6.08 Å². The van der Waals surface area contributed by atoms with Crippen LogP contribution >= 0.6 is 27.3 Å². The van der Waals surface area contributed by atoms with Gasteiger partial charge in [0, 0.05) is 11.5 Å². The van der Waals surface area contributed by atoms with Gasteiger partial charge >= 0.3 is 5.97 Å². The molecular formula is C18H19BrN2O5S. The zero-order valence-electron chi connectivity index (χ0n) is 15.1. The van der Waals surface area contributed by atoms with Crippen LogP contribution in [-0.4, -0.2) is 37.7 Å². The summed E-state index contributed by atoms with van der Waals surface area (Å²) in [5, 5.41) is 4.79. The van der Waals surface area contributed by atoms with Crippen LogP contribution in [0.1, 0.15) is 18.2 Å². The molecule has 1 aromatic carbocycles. The van der Waals surface area contributed by atoms with Crippen molar-refractivity contribution in [1.29, 1.82) is 0 Å². The van der Waals surface area contributed by atoms with E-state index in [2.05, 4.69) is 26.2 Å². The van der Waals surface area contributed by atoms with E-state index in [-0.39, 0.29) is 18.3 Å². The number of carbonyl (C=O) groups excluding carboxylic acids is 2. The van der Waals surface area contributed by atoms with E-state index in [1.54, 1.807) is 38.7 Å². The Labute approximate surface area is 169 Å². The predicted molar refractivity (Wildman–Crippen MR) is 107 cm³/mol. The molecular weight excluding hydrogens is 436 g/mol. The number of halogens is 1. The van der Waals surface area contributed by atoms with Crippen LogP contribution in [-0.2, 0) is 20.7 Å². The molecule has 0 spiro atoms. The number of hydrogen-bond donors (Lipinski definition) is 1. The summed E-state index contributed by atoms with van der Waals surface area (Å²) in [5.41, 5.74) is 1.32. The van der Waals surface area contributed by atoms with Gasteiger partial charge in [0.1, 0.15) is 0 Å². The van der Waals surface area contributed by atoms with E-state index in [9.17, 15) is 9.59 Å². The Hall–Kier alpha value is -2.39. The quantitative estimate of drug-likeness (QED) is 0.483. The van der Waals surface area contributed by atoms with Crippen molar-refractivity contribution in [2.75, 3.05) is 26.1 Å². The molecule has 9 heteroatoms. The number of nitrogens with one attached hydrogen (secondary N) is 1. The fourth-order valence-electron chi connectivity index (χ4n) is 2.16. The minimum absolute atomic E-state index is 0.0791. The summed E-state index contributed by atoms with van der Waals surface area (Å²) >= 11 is 4.65. The molecule has 27 heavy (non-hydrogen) atoms. The van der Waals surface area contributed by atoms with Crippen molar-refractivity contribution in [3.05, 3.63) is 39.3 Å². The van der Waals surface area contributed by atoms with Crippen LogP contribution in [0.3, 0.4) is 0 Å². The van der Waals surface area contributed by atoms with Gasteiger partial charge in [0.15, 0.2) is 16.6 Å². The molecule has 0 bridgehead atoms. The number of carbonyl (C=O) groups is 2. The third-order valence-corrected chi connectivity index (χ3v) is 4.69. The summed E-state index contributed by atoms with van der Waals surface area (Å²) in [4.78, 5) is 27.7. The van der Waals surface area contributed by atoms with E-state index >= 15 is 0 Å². The van der Waals surface area contributed by atoms with E-state index in [4.69, 9.17) is 14.2 Å². The number of nitrogens with zero attached hydrogens (tertiary/aromatic N) is 1. The third kappa shape index (κ3) is 6.07. The number of methoxy groups -OCH3 is 2. The molecule has 7 nitrogen and oxygen atoms in total. The Morgan fingerprint density at radius 2 is 2.07 bits per heavy atom. The molecule has 0 fully saturated rings. The lowest BCUT2D eigenvalue weighted by atomic mass is 10.2. The number of esters is 1. The Morgan fingerprint density at radius 1 is 1.30 bits per heavy atom. The second kappa shape index (κ2) is 10.1. The molecule has 1 amide bonds. The van der Waals surface area contributed by atoms with Crippen molar-refractivity contribution in [1.82, 2.24) is 4.98 Å². The van der Waals surface area contributed by atoms with Crippen LogP contribution in [0.5, 0.6) is 11.5 Å². The Kier molecular flexibility index (Phi) is 7.81. The van der Waals surface area contributed by atoms with Gasteiger partial charge in [0.25, 0.3) is 0 Å². The van der Waals surface area contributed by atoms with Crippen LogP contribution in [0.15, 0.2) is 28.1 Å². The van der Waals surface area contributed by atoms with Crippen molar-refractivity contribution >= 4 is 50.4 Å². The van der Waals surface area contributed by atoms with Crippen LogP contribution in [0.4, 0.5) is 5.13 Å². The molecule has 0 unspecified atom stereocenters.